The smallest absolute Gasteiger partial charge is 0.233 e. The zero-order chi connectivity index (χ0) is 21.5. The molecule has 0 saturated carbocycles. The van der Waals surface area contributed by atoms with Crippen LogP contribution >= 0.6 is 34.9 Å². The number of likely N-dealkylation sites (N-methyl/N-ethyl adjacent to an activating group) is 1. The van der Waals surface area contributed by atoms with Gasteiger partial charge in [-0.05, 0) is 55.4 Å². The van der Waals surface area contributed by atoms with Gasteiger partial charge in [-0.25, -0.2) is 4.98 Å². The van der Waals surface area contributed by atoms with Crippen LogP contribution in [0.1, 0.15) is 19.4 Å². The van der Waals surface area contributed by atoms with Gasteiger partial charge >= 0.3 is 0 Å². The number of anilines is 1. The van der Waals surface area contributed by atoms with Crippen molar-refractivity contribution in [2.75, 3.05) is 43.6 Å². The van der Waals surface area contributed by atoms with E-state index in [9.17, 15) is 4.79 Å². The molecule has 0 aliphatic carbocycles. The summed E-state index contributed by atoms with van der Waals surface area (Å²) in [7, 11) is 0. The Bertz CT molecular complexity index is 967. The number of amides is 1. The molecule has 0 unspecified atom stereocenters. The second-order valence-electron chi connectivity index (χ2n) is 6.90. The van der Waals surface area contributed by atoms with Crippen LogP contribution in [0, 0.1) is 0 Å². The van der Waals surface area contributed by atoms with Gasteiger partial charge in [-0.15, -0.1) is 23.5 Å². The molecular weight excluding hydrogens is 430 g/mol. The Morgan fingerprint density at radius 1 is 1.00 bits per heavy atom. The van der Waals surface area contributed by atoms with Gasteiger partial charge in [-0.3, -0.25) is 9.69 Å². The normalized spacial score (nSPS) is 11.4. The standard InChI is InChI=1S/C23H29N3OS3/c1-5-25(6-2)14-15-26(21(27)16-17-10-12-18(28-3)13-11-17)23-24-22-19(29-4)8-7-9-20(22)30-23/h7-13H,5-6,14-16H2,1-4H3. The molecule has 0 fully saturated rings. The summed E-state index contributed by atoms with van der Waals surface area (Å²) in [5.74, 6) is 0.101. The predicted molar refractivity (Wildman–Crippen MR) is 133 cm³/mol. The number of carbonyl (C=O) groups is 1. The van der Waals surface area contributed by atoms with E-state index < -0.39 is 0 Å². The number of benzene rings is 2. The van der Waals surface area contributed by atoms with Crippen LogP contribution < -0.4 is 4.90 Å². The molecule has 30 heavy (non-hydrogen) atoms. The Hall–Kier alpha value is -1.54. The molecule has 0 radical (unpaired) electrons. The van der Waals surface area contributed by atoms with E-state index in [1.165, 1.54) is 4.90 Å². The molecule has 160 valence electrons. The summed E-state index contributed by atoms with van der Waals surface area (Å²) >= 11 is 5.01. The number of rotatable bonds is 10. The highest BCUT2D eigenvalue weighted by molar-refractivity contribution is 7.99. The first-order chi connectivity index (χ1) is 14.6. The minimum absolute atomic E-state index is 0.101. The molecule has 0 aliphatic heterocycles. The van der Waals surface area contributed by atoms with Crippen LogP contribution in [0.15, 0.2) is 52.3 Å². The van der Waals surface area contributed by atoms with Crippen molar-refractivity contribution in [2.45, 2.75) is 30.1 Å². The first kappa shape index (κ1) is 23.1. The van der Waals surface area contributed by atoms with Gasteiger partial charge in [-0.2, -0.15) is 0 Å². The first-order valence-corrected chi connectivity index (χ1v) is 13.4. The number of aromatic nitrogens is 1. The van der Waals surface area contributed by atoms with Crippen molar-refractivity contribution in [3.63, 3.8) is 0 Å². The largest absolute Gasteiger partial charge is 0.302 e. The van der Waals surface area contributed by atoms with Crippen LogP contribution in [-0.4, -0.2) is 54.5 Å². The molecule has 4 nitrogen and oxygen atoms in total. The van der Waals surface area contributed by atoms with E-state index in [2.05, 4.69) is 73.7 Å². The van der Waals surface area contributed by atoms with Gasteiger partial charge in [0.2, 0.25) is 5.91 Å². The van der Waals surface area contributed by atoms with Crippen LogP contribution in [0.5, 0.6) is 0 Å². The second-order valence-corrected chi connectivity index (χ2v) is 9.64. The predicted octanol–water partition coefficient (Wildman–Crippen LogP) is 5.66. The summed E-state index contributed by atoms with van der Waals surface area (Å²) in [5, 5.41) is 0.796. The number of thiazole rings is 1. The van der Waals surface area contributed by atoms with Crippen molar-refractivity contribution < 1.29 is 4.79 Å². The van der Waals surface area contributed by atoms with E-state index in [1.807, 2.05) is 4.90 Å². The van der Waals surface area contributed by atoms with Gasteiger partial charge in [0.1, 0.15) is 0 Å². The summed E-state index contributed by atoms with van der Waals surface area (Å²) in [6.45, 7) is 7.76. The van der Waals surface area contributed by atoms with E-state index in [1.54, 1.807) is 34.9 Å². The summed E-state index contributed by atoms with van der Waals surface area (Å²) in [6, 6.07) is 14.5. The molecule has 0 spiro atoms. The molecular formula is C23H29N3OS3. The van der Waals surface area contributed by atoms with Crippen molar-refractivity contribution in [3.05, 3.63) is 48.0 Å². The fourth-order valence-electron chi connectivity index (χ4n) is 3.31. The van der Waals surface area contributed by atoms with Crippen LogP contribution in [-0.2, 0) is 11.2 Å². The Morgan fingerprint density at radius 3 is 2.37 bits per heavy atom. The lowest BCUT2D eigenvalue weighted by Crippen LogP contribution is -2.39. The zero-order valence-corrected chi connectivity index (χ0v) is 20.5. The monoisotopic (exact) mass is 459 g/mol. The van der Waals surface area contributed by atoms with Crippen molar-refractivity contribution in [1.82, 2.24) is 9.88 Å². The third-order valence-corrected chi connectivity index (χ3v) is 7.73. The number of hydrogen-bond donors (Lipinski definition) is 0. The number of hydrogen-bond acceptors (Lipinski definition) is 6. The van der Waals surface area contributed by atoms with Gasteiger partial charge in [0, 0.05) is 22.9 Å². The SMILES string of the molecule is CCN(CC)CCN(C(=O)Cc1ccc(SC)cc1)c1nc2c(SC)cccc2s1. The maximum Gasteiger partial charge on any atom is 0.233 e. The maximum absolute atomic E-state index is 13.4. The number of fused-ring (bicyclic) bond motifs is 1. The number of nitrogens with zero attached hydrogens (tertiary/aromatic N) is 3. The fraction of sp³-hybridized carbons (Fsp3) is 0.391. The van der Waals surface area contributed by atoms with Gasteiger partial charge in [-0.1, -0.05) is 43.4 Å². The Labute approximate surface area is 192 Å². The van der Waals surface area contributed by atoms with Crippen molar-refractivity contribution >= 4 is 56.1 Å². The minimum Gasteiger partial charge on any atom is -0.302 e. The Morgan fingerprint density at radius 2 is 1.73 bits per heavy atom. The number of para-hydroxylation sites is 1. The summed E-state index contributed by atoms with van der Waals surface area (Å²) < 4.78 is 1.13. The van der Waals surface area contributed by atoms with E-state index in [-0.39, 0.29) is 5.91 Å². The summed E-state index contributed by atoms with van der Waals surface area (Å²) in [4.78, 5) is 24.8. The van der Waals surface area contributed by atoms with Gasteiger partial charge in [0.15, 0.2) is 5.13 Å². The van der Waals surface area contributed by atoms with Crippen molar-refractivity contribution in [2.24, 2.45) is 0 Å². The highest BCUT2D eigenvalue weighted by Crippen LogP contribution is 2.34. The lowest BCUT2D eigenvalue weighted by atomic mass is 10.1. The average molecular weight is 460 g/mol. The fourth-order valence-corrected chi connectivity index (χ4v) is 5.39. The van der Waals surface area contributed by atoms with Crippen LogP contribution in [0.2, 0.25) is 0 Å². The second kappa shape index (κ2) is 11.2. The molecule has 3 aromatic rings. The maximum atomic E-state index is 13.4. The number of thioether (sulfide) groups is 2. The first-order valence-electron chi connectivity index (χ1n) is 10.2. The van der Waals surface area contributed by atoms with E-state index in [4.69, 9.17) is 4.98 Å². The van der Waals surface area contributed by atoms with E-state index >= 15 is 0 Å². The molecule has 1 amide bonds. The minimum atomic E-state index is 0.101. The van der Waals surface area contributed by atoms with Gasteiger partial charge in [0.05, 0.1) is 16.6 Å². The Kier molecular flexibility index (Phi) is 8.62. The quantitative estimate of drug-likeness (QED) is 0.366. The Balaban J connectivity index is 1.88. The average Bonchev–Trinajstić information content (AvgIpc) is 3.21. The van der Waals surface area contributed by atoms with Gasteiger partial charge < -0.3 is 4.90 Å². The lowest BCUT2D eigenvalue weighted by molar-refractivity contribution is -0.118. The molecule has 0 bridgehead atoms. The van der Waals surface area contributed by atoms with Crippen LogP contribution in [0.3, 0.4) is 0 Å². The zero-order valence-electron chi connectivity index (χ0n) is 18.1. The van der Waals surface area contributed by atoms with E-state index in [0.29, 0.717) is 13.0 Å². The summed E-state index contributed by atoms with van der Waals surface area (Å²) in [6.07, 6.45) is 4.51. The van der Waals surface area contributed by atoms with E-state index in [0.717, 1.165) is 45.4 Å². The number of carbonyl (C=O) groups excluding carboxylic acids is 1. The third-order valence-electron chi connectivity index (χ3n) is 5.17. The highest BCUT2D eigenvalue weighted by Gasteiger charge is 2.21. The summed E-state index contributed by atoms with van der Waals surface area (Å²) in [5.41, 5.74) is 2.03. The van der Waals surface area contributed by atoms with Gasteiger partial charge in [0.25, 0.3) is 0 Å². The molecule has 0 N–H and O–H groups in total. The molecule has 3 rings (SSSR count). The molecule has 0 saturated heterocycles. The molecule has 2 aromatic carbocycles. The highest BCUT2D eigenvalue weighted by atomic mass is 32.2. The molecule has 1 heterocycles. The topological polar surface area (TPSA) is 36.4 Å². The molecule has 7 heteroatoms. The van der Waals surface area contributed by atoms with Crippen LogP contribution in [0.4, 0.5) is 5.13 Å². The van der Waals surface area contributed by atoms with Crippen molar-refractivity contribution in [3.8, 4) is 0 Å². The molecule has 0 atom stereocenters. The molecule has 1 aromatic heterocycles. The lowest BCUT2D eigenvalue weighted by Gasteiger charge is -2.24. The molecule has 0 aliphatic rings. The van der Waals surface area contributed by atoms with Crippen molar-refractivity contribution in [1.29, 1.82) is 0 Å². The third kappa shape index (κ3) is 5.58. The van der Waals surface area contributed by atoms with Crippen LogP contribution in [0.25, 0.3) is 10.2 Å².